The lowest BCUT2D eigenvalue weighted by Crippen LogP contribution is -2.42. The molecule has 0 rings (SSSR count). The first-order valence-corrected chi connectivity index (χ1v) is 2.80. The lowest BCUT2D eigenvalue weighted by atomic mass is 10.3. The molecule has 0 aliphatic rings. The Morgan fingerprint density at radius 3 is 2.80 bits per heavy atom. The highest BCUT2D eigenvalue weighted by atomic mass is 16.1. The molecule has 0 spiro atoms. The van der Waals surface area contributed by atoms with E-state index in [9.17, 15) is 4.79 Å². The number of nitrogens with two attached hydrogens (primary N) is 1. The number of carbonyl (C=O) groups excluding carboxylic acids is 1. The summed E-state index contributed by atoms with van der Waals surface area (Å²) >= 11 is 0. The van der Waals surface area contributed by atoms with Crippen LogP contribution in [0.25, 0.3) is 0 Å². The van der Waals surface area contributed by atoms with Crippen molar-refractivity contribution in [1.29, 1.82) is 0 Å². The molecule has 0 saturated carbocycles. The maximum atomic E-state index is 10.2. The first-order chi connectivity index (χ1) is 4.76. The molecule has 3 N–H and O–H groups in total. The Balaban J connectivity index is 4.01. The number of hydrogen-bond donors (Lipinski definition) is 2. The summed E-state index contributed by atoms with van der Waals surface area (Å²) in [5.41, 5.74) is 5.68. The van der Waals surface area contributed by atoms with Gasteiger partial charge in [0.25, 0.3) is 0 Å². The van der Waals surface area contributed by atoms with Crippen molar-refractivity contribution in [1.82, 2.24) is 5.32 Å². The lowest BCUT2D eigenvalue weighted by Gasteiger charge is -2.08. The number of nitrogens with one attached hydrogen (secondary N) is 1. The van der Waals surface area contributed by atoms with Crippen molar-refractivity contribution in [2.45, 2.75) is 6.17 Å². The van der Waals surface area contributed by atoms with Gasteiger partial charge < -0.3 is 11.1 Å². The van der Waals surface area contributed by atoms with Gasteiger partial charge in [-0.15, -0.1) is 0 Å². The number of rotatable bonds is 4. The van der Waals surface area contributed by atoms with Crippen molar-refractivity contribution in [3.8, 4) is 0 Å². The van der Waals surface area contributed by atoms with E-state index in [1.165, 1.54) is 13.2 Å². The fourth-order valence-electron chi connectivity index (χ4n) is 0.477. The number of carbonyl (C=O) groups is 1. The molecule has 56 valence electrons. The van der Waals surface area contributed by atoms with Crippen molar-refractivity contribution in [2.75, 3.05) is 7.05 Å². The maximum Gasteiger partial charge on any atom is 0.167 e. The molecule has 4 nitrogen and oxygen atoms in total. The standard InChI is InChI=1S/C6H11N3O/c1-3-9-6(7)5(4-10)8-2/h3-4,6,9H,1,7H2,2H3. The van der Waals surface area contributed by atoms with E-state index in [4.69, 9.17) is 5.73 Å². The zero-order valence-electron chi connectivity index (χ0n) is 5.87. The van der Waals surface area contributed by atoms with Crippen LogP contribution in [-0.2, 0) is 4.79 Å². The van der Waals surface area contributed by atoms with Crippen LogP contribution in [0.3, 0.4) is 0 Å². The van der Waals surface area contributed by atoms with Crippen molar-refractivity contribution < 1.29 is 4.79 Å². The number of hydrogen-bond acceptors (Lipinski definition) is 4. The van der Waals surface area contributed by atoms with Crippen LogP contribution in [0.2, 0.25) is 0 Å². The van der Waals surface area contributed by atoms with Crippen molar-refractivity contribution >= 4 is 12.0 Å². The number of nitrogens with zero attached hydrogens (tertiary/aromatic N) is 1. The first kappa shape index (κ1) is 8.84. The summed E-state index contributed by atoms with van der Waals surface area (Å²) in [7, 11) is 1.51. The van der Waals surface area contributed by atoms with Crippen LogP contribution < -0.4 is 11.1 Å². The monoisotopic (exact) mass is 141 g/mol. The molecule has 0 amide bonds. The van der Waals surface area contributed by atoms with Crippen LogP contribution in [0.15, 0.2) is 17.8 Å². The highest BCUT2D eigenvalue weighted by Gasteiger charge is 2.04. The third-order valence-electron chi connectivity index (χ3n) is 0.995. The van der Waals surface area contributed by atoms with Crippen LogP contribution in [0.1, 0.15) is 0 Å². The van der Waals surface area contributed by atoms with E-state index in [1.807, 2.05) is 0 Å². The topological polar surface area (TPSA) is 67.5 Å². The van der Waals surface area contributed by atoms with Crippen molar-refractivity contribution in [3.63, 3.8) is 0 Å². The van der Waals surface area contributed by atoms with Gasteiger partial charge in [0.1, 0.15) is 11.9 Å². The van der Waals surface area contributed by atoms with Gasteiger partial charge in [-0.2, -0.15) is 0 Å². The van der Waals surface area contributed by atoms with Gasteiger partial charge >= 0.3 is 0 Å². The van der Waals surface area contributed by atoms with Crippen LogP contribution >= 0.6 is 0 Å². The summed E-state index contributed by atoms with van der Waals surface area (Å²) in [6.07, 6.45) is 1.49. The van der Waals surface area contributed by atoms with E-state index in [2.05, 4.69) is 16.9 Å². The Morgan fingerprint density at radius 2 is 2.50 bits per heavy atom. The molecule has 0 saturated heterocycles. The summed E-state index contributed by atoms with van der Waals surface area (Å²) in [5, 5.41) is 2.63. The molecule has 1 atom stereocenters. The van der Waals surface area contributed by atoms with E-state index >= 15 is 0 Å². The fraction of sp³-hybridized carbons (Fsp3) is 0.333. The van der Waals surface area contributed by atoms with E-state index in [1.54, 1.807) is 0 Å². The second-order valence-corrected chi connectivity index (χ2v) is 1.61. The lowest BCUT2D eigenvalue weighted by molar-refractivity contribution is -0.102. The molecule has 0 aromatic carbocycles. The second kappa shape index (κ2) is 4.69. The van der Waals surface area contributed by atoms with E-state index < -0.39 is 6.17 Å². The summed E-state index contributed by atoms with van der Waals surface area (Å²) in [5.74, 6) is 0. The SMILES string of the molecule is C=CNC(N)C(C=O)=NC. The Kier molecular flexibility index (Phi) is 4.15. The zero-order valence-corrected chi connectivity index (χ0v) is 5.87. The summed E-state index contributed by atoms with van der Waals surface area (Å²) in [6.45, 7) is 3.39. The van der Waals surface area contributed by atoms with Crippen molar-refractivity contribution in [2.24, 2.45) is 10.7 Å². The summed E-state index contributed by atoms with van der Waals surface area (Å²) in [6, 6.07) is 0. The third kappa shape index (κ3) is 2.41. The highest BCUT2D eigenvalue weighted by Crippen LogP contribution is 1.76. The van der Waals surface area contributed by atoms with E-state index in [0.717, 1.165) is 0 Å². The Hall–Kier alpha value is -1.16. The molecule has 0 bridgehead atoms. The molecule has 1 unspecified atom stereocenters. The molecule has 4 heteroatoms. The molecule has 0 aromatic heterocycles. The average Bonchev–Trinajstić information content (AvgIpc) is 1.91. The first-order valence-electron chi connectivity index (χ1n) is 2.80. The van der Waals surface area contributed by atoms with Crippen LogP contribution in [0.5, 0.6) is 0 Å². The maximum absolute atomic E-state index is 10.2. The summed E-state index contributed by atoms with van der Waals surface area (Å²) < 4.78 is 0. The van der Waals surface area contributed by atoms with Gasteiger partial charge in [-0.05, 0) is 6.20 Å². The van der Waals surface area contributed by atoms with E-state index in [-0.39, 0.29) is 5.71 Å². The predicted octanol–water partition coefficient (Wildman–Crippen LogP) is -0.726. The molecular weight excluding hydrogens is 130 g/mol. The molecule has 0 heterocycles. The smallest absolute Gasteiger partial charge is 0.167 e. The van der Waals surface area contributed by atoms with Crippen molar-refractivity contribution in [3.05, 3.63) is 12.8 Å². The Bertz CT molecular complexity index is 153. The average molecular weight is 141 g/mol. The van der Waals surface area contributed by atoms with Crippen LogP contribution in [-0.4, -0.2) is 25.2 Å². The Morgan fingerprint density at radius 1 is 1.90 bits per heavy atom. The third-order valence-corrected chi connectivity index (χ3v) is 0.995. The van der Waals surface area contributed by atoms with Crippen LogP contribution in [0.4, 0.5) is 0 Å². The largest absolute Gasteiger partial charge is 0.371 e. The minimum atomic E-state index is -0.542. The fourth-order valence-corrected chi connectivity index (χ4v) is 0.477. The van der Waals surface area contributed by atoms with Gasteiger partial charge in [-0.3, -0.25) is 9.79 Å². The molecule has 0 radical (unpaired) electrons. The minimum Gasteiger partial charge on any atom is -0.371 e. The van der Waals surface area contributed by atoms with Gasteiger partial charge in [0, 0.05) is 7.05 Å². The van der Waals surface area contributed by atoms with Gasteiger partial charge in [0.05, 0.1) is 0 Å². The zero-order chi connectivity index (χ0) is 7.98. The second-order valence-electron chi connectivity index (χ2n) is 1.61. The van der Waals surface area contributed by atoms with E-state index in [0.29, 0.717) is 6.29 Å². The quantitative estimate of drug-likeness (QED) is 0.308. The number of aldehydes is 1. The van der Waals surface area contributed by atoms with Gasteiger partial charge in [-0.1, -0.05) is 6.58 Å². The molecule has 0 aliphatic carbocycles. The van der Waals surface area contributed by atoms with Gasteiger partial charge in [0.15, 0.2) is 6.29 Å². The molecular formula is C6H11N3O. The van der Waals surface area contributed by atoms with Gasteiger partial charge in [-0.25, -0.2) is 0 Å². The number of aliphatic imine (C=N–C) groups is 1. The normalized spacial score (nSPS) is 14.0. The minimum absolute atomic E-state index is 0.278. The van der Waals surface area contributed by atoms with Crippen LogP contribution in [0, 0.1) is 0 Å². The molecule has 0 fully saturated rings. The molecule has 10 heavy (non-hydrogen) atoms. The molecule has 0 aromatic rings. The highest BCUT2D eigenvalue weighted by molar-refractivity contribution is 6.30. The molecule has 0 aliphatic heterocycles. The van der Waals surface area contributed by atoms with Gasteiger partial charge in [0.2, 0.25) is 0 Å². The predicted molar refractivity (Wildman–Crippen MR) is 40.7 cm³/mol. The summed E-state index contributed by atoms with van der Waals surface area (Å²) in [4.78, 5) is 13.8. The Labute approximate surface area is 59.8 Å².